The highest BCUT2D eigenvalue weighted by atomic mass is 79.9. The average Bonchev–Trinajstić information content (AvgIpc) is 3.15. The van der Waals surface area contributed by atoms with E-state index in [0.717, 1.165) is 28.7 Å². The van der Waals surface area contributed by atoms with Gasteiger partial charge in [-0.1, -0.05) is 34.1 Å². The quantitative estimate of drug-likeness (QED) is 0.557. The van der Waals surface area contributed by atoms with Crippen LogP contribution in [0, 0.1) is 0 Å². The summed E-state index contributed by atoms with van der Waals surface area (Å²) < 4.78 is 0.834. The van der Waals surface area contributed by atoms with Crippen LogP contribution < -0.4 is 20.9 Å². The summed E-state index contributed by atoms with van der Waals surface area (Å²) in [6, 6.07) is 14.4. The van der Waals surface area contributed by atoms with E-state index in [9.17, 15) is 14.4 Å². The van der Waals surface area contributed by atoms with E-state index in [4.69, 9.17) is 0 Å². The third-order valence-corrected chi connectivity index (χ3v) is 5.02. The van der Waals surface area contributed by atoms with Crippen molar-refractivity contribution in [3.05, 3.63) is 64.1 Å². The van der Waals surface area contributed by atoms with Crippen LogP contribution in [0.1, 0.15) is 28.8 Å². The average molecular weight is 459 g/mol. The van der Waals surface area contributed by atoms with Crippen LogP contribution in [-0.4, -0.2) is 37.5 Å². The summed E-state index contributed by atoms with van der Waals surface area (Å²) in [4.78, 5) is 37.6. The lowest BCUT2D eigenvalue weighted by atomic mass is 10.2. The van der Waals surface area contributed by atoms with Crippen LogP contribution in [0.25, 0.3) is 0 Å². The Morgan fingerprint density at radius 3 is 2.55 bits per heavy atom. The van der Waals surface area contributed by atoms with Crippen LogP contribution in [0.5, 0.6) is 0 Å². The molecular formula is C21H23BrN4O3. The minimum atomic E-state index is -0.315. The van der Waals surface area contributed by atoms with Gasteiger partial charge in [0.25, 0.3) is 5.91 Å². The lowest BCUT2D eigenvalue weighted by Gasteiger charge is -2.16. The molecule has 0 bridgehead atoms. The van der Waals surface area contributed by atoms with Gasteiger partial charge in [-0.2, -0.15) is 0 Å². The van der Waals surface area contributed by atoms with E-state index < -0.39 is 0 Å². The second-order valence-electron chi connectivity index (χ2n) is 6.69. The normalized spacial score (nSPS) is 13.3. The lowest BCUT2D eigenvalue weighted by Crippen LogP contribution is -2.40. The molecule has 3 N–H and O–H groups in total. The fraction of sp³-hybridized carbons (Fsp3) is 0.286. The van der Waals surface area contributed by atoms with Gasteiger partial charge in [0.05, 0.1) is 0 Å². The molecular weight excluding hydrogens is 436 g/mol. The lowest BCUT2D eigenvalue weighted by molar-refractivity contribution is -0.117. The number of nitrogens with zero attached hydrogens (tertiary/aromatic N) is 1. The van der Waals surface area contributed by atoms with Gasteiger partial charge in [0.15, 0.2) is 0 Å². The van der Waals surface area contributed by atoms with Gasteiger partial charge >= 0.3 is 6.03 Å². The monoisotopic (exact) mass is 458 g/mol. The summed E-state index contributed by atoms with van der Waals surface area (Å²) in [6.45, 7) is 1.73. The number of halogens is 1. The van der Waals surface area contributed by atoms with Crippen molar-refractivity contribution in [3.63, 3.8) is 0 Å². The number of benzene rings is 2. The molecule has 4 amide bonds. The SMILES string of the molecule is O=C(NCCNC(=O)c1cccc(Br)c1)NCc1cccc(N2CCCC2=O)c1. The smallest absolute Gasteiger partial charge is 0.315 e. The Kier molecular flexibility index (Phi) is 7.24. The maximum Gasteiger partial charge on any atom is 0.315 e. The van der Waals surface area contributed by atoms with E-state index in [1.54, 1.807) is 23.1 Å². The number of anilines is 1. The van der Waals surface area contributed by atoms with Crippen molar-refractivity contribution in [1.82, 2.24) is 16.0 Å². The molecule has 0 radical (unpaired) electrons. The minimum Gasteiger partial charge on any atom is -0.350 e. The summed E-state index contributed by atoms with van der Waals surface area (Å²) in [5, 5.41) is 8.25. The maximum atomic E-state index is 12.0. The van der Waals surface area contributed by atoms with E-state index in [2.05, 4.69) is 31.9 Å². The van der Waals surface area contributed by atoms with E-state index >= 15 is 0 Å². The number of amides is 4. The second-order valence-corrected chi connectivity index (χ2v) is 7.61. The second kappa shape index (κ2) is 10.1. The van der Waals surface area contributed by atoms with Crippen LogP contribution in [0.3, 0.4) is 0 Å². The summed E-state index contributed by atoms with van der Waals surface area (Å²) in [5.74, 6) is -0.0560. The summed E-state index contributed by atoms with van der Waals surface area (Å²) in [7, 11) is 0. The maximum absolute atomic E-state index is 12.0. The molecule has 0 atom stereocenters. The van der Waals surface area contributed by atoms with Gasteiger partial charge in [-0.05, 0) is 42.3 Å². The number of rotatable bonds is 7. The number of urea groups is 1. The molecule has 3 rings (SSSR count). The molecule has 152 valence electrons. The Bertz CT molecular complexity index is 903. The van der Waals surface area contributed by atoms with Crippen LogP contribution in [0.4, 0.5) is 10.5 Å². The van der Waals surface area contributed by atoms with Crippen LogP contribution in [-0.2, 0) is 11.3 Å². The van der Waals surface area contributed by atoms with Gasteiger partial charge in [0.1, 0.15) is 0 Å². The zero-order valence-corrected chi connectivity index (χ0v) is 17.5. The Balaban J connectivity index is 1.38. The molecule has 8 heteroatoms. The van der Waals surface area contributed by atoms with Gasteiger partial charge in [0, 0.05) is 48.3 Å². The van der Waals surface area contributed by atoms with Crippen molar-refractivity contribution in [2.45, 2.75) is 19.4 Å². The molecule has 2 aromatic carbocycles. The molecule has 0 aromatic heterocycles. The molecule has 1 fully saturated rings. The Morgan fingerprint density at radius 2 is 1.79 bits per heavy atom. The molecule has 7 nitrogen and oxygen atoms in total. The minimum absolute atomic E-state index is 0.137. The van der Waals surface area contributed by atoms with Crippen molar-refractivity contribution in [3.8, 4) is 0 Å². The van der Waals surface area contributed by atoms with Gasteiger partial charge < -0.3 is 20.9 Å². The number of carbonyl (C=O) groups excluding carboxylic acids is 3. The molecule has 1 aliphatic heterocycles. The predicted octanol–water partition coefficient (Wildman–Crippen LogP) is 2.81. The highest BCUT2D eigenvalue weighted by Gasteiger charge is 2.21. The van der Waals surface area contributed by atoms with Gasteiger partial charge in [-0.15, -0.1) is 0 Å². The van der Waals surface area contributed by atoms with Crippen LogP contribution in [0.15, 0.2) is 53.0 Å². The first kappa shape index (κ1) is 20.9. The summed E-state index contributed by atoms with van der Waals surface area (Å²) in [6.07, 6.45) is 1.46. The predicted molar refractivity (Wildman–Crippen MR) is 115 cm³/mol. The van der Waals surface area contributed by atoms with Crippen molar-refractivity contribution in [2.75, 3.05) is 24.5 Å². The standard InChI is InChI=1S/C21H23BrN4O3/c22-17-6-2-5-16(13-17)20(28)23-9-10-24-21(29)25-14-15-4-1-7-18(12-15)26-11-3-8-19(26)27/h1-2,4-7,12-13H,3,8-11,14H2,(H,23,28)(H2,24,25,29). The summed E-state index contributed by atoms with van der Waals surface area (Å²) in [5.41, 5.74) is 2.34. The van der Waals surface area contributed by atoms with Gasteiger partial charge in [-0.25, -0.2) is 4.79 Å². The van der Waals surface area contributed by atoms with Gasteiger partial charge in [0.2, 0.25) is 5.91 Å². The fourth-order valence-corrected chi connectivity index (χ4v) is 3.48. The van der Waals surface area contributed by atoms with Crippen molar-refractivity contribution >= 4 is 39.5 Å². The Morgan fingerprint density at radius 1 is 1.00 bits per heavy atom. The first-order valence-corrected chi connectivity index (χ1v) is 10.3. The fourth-order valence-electron chi connectivity index (χ4n) is 3.08. The Hall–Kier alpha value is -2.87. The first-order valence-electron chi connectivity index (χ1n) is 9.48. The third-order valence-electron chi connectivity index (χ3n) is 4.53. The van der Waals surface area contributed by atoms with Crippen LogP contribution >= 0.6 is 15.9 Å². The van der Waals surface area contributed by atoms with E-state index in [1.807, 2.05) is 30.3 Å². The largest absolute Gasteiger partial charge is 0.350 e. The number of nitrogens with one attached hydrogen (secondary N) is 3. The molecule has 0 aliphatic carbocycles. The highest BCUT2D eigenvalue weighted by Crippen LogP contribution is 2.22. The van der Waals surface area contributed by atoms with Crippen LogP contribution in [0.2, 0.25) is 0 Å². The first-order chi connectivity index (χ1) is 14.0. The van der Waals surface area contributed by atoms with E-state index in [-0.39, 0.29) is 17.8 Å². The zero-order valence-electron chi connectivity index (χ0n) is 15.9. The molecule has 0 saturated carbocycles. The molecule has 1 heterocycles. The molecule has 1 aliphatic rings. The molecule has 2 aromatic rings. The van der Waals surface area contributed by atoms with Crippen molar-refractivity contribution < 1.29 is 14.4 Å². The molecule has 0 unspecified atom stereocenters. The summed E-state index contributed by atoms with van der Waals surface area (Å²) >= 11 is 3.33. The third kappa shape index (κ3) is 6.05. The van der Waals surface area contributed by atoms with E-state index in [1.165, 1.54) is 0 Å². The highest BCUT2D eigenvalue weighted by molar-refractivity contribution is 9.10. The number of hydrogen-bond donors (Lipinski definition) is 3. The molecule has 0 spiro atoms. The molecule has 29 heavy (non-hydrogen) atoms. The number of hydrogen-bond acceptors (Lipinski definition) is 3. The van der Waals surface area contributed by atoms with Crippen molar-refractivity contribution in [2.24, 2.45) is 0 Å². The topological polar surface area (TPSA) is 90.5 Å². The van der Waals surface area contributed by atoms with E-state index in [0.29, 0.717) is 31.6 Å². The number of carbonyl (C=O) groups is 3. The Labute approximate surface area is 178 Å². The molecule has 1 saturated heterocycles. The van der Waals surface area contributed by atoms with Crippen molar-refractivity contribution in [1.29, 1.82) is 0 Å². The zero-order chi connectivity index (χ0) is 20.6. The van der Waals surface area contributed by atoms with Gasteiger partial charge in [-0.3, -0.25) is 9.59 Å².